The average molecular weight is 381 g/mol. The van der Waals surface area contributed by atoms with Gasteiger partial charge < -0.3 is 14.4 Å². The summed E-state index contributed by atoms with van der Waals surface area (Å²) in [5.41, 5.74) is 2.93. The molecule has 4 rings (SSSR count). The van der Waals surface area contributed by atoms with Gasteiger partial charge in [0.25, 0.3) is 0 Å². The Morgan fingerprint density at radius 1 is 1.21 bits per heavy atom. The number of rotatable bonds is 8. The third-order valence-corrected chi connectivity index (χ3v) is 5.46. The van der Waals surface area contributed by atoms with Gasteiger partial charge in [0, 0.05) is 37.1 Å². The van der Waals surface area contributed by atoms with Crippen LogP contribution in [0.4, 0.5) is 5.82 Å². The first kappa shape index (κ1) is 18.8. The van der Waals surface area contributed by atoms with Gasteiger partial charge in [-0.1, -0.05) is 0 Å². The van der Waals surface area contributed by atoms with E-state index in [0.717, 1.165) is 54.9 Å². The summed E-state index contributed by atoms with van der Waals surface area (Å²) >= 11 is 0. The molecule has 148 valence electrons. The van der Waals surface area contributed by atoms with Crippen LogP contribution in [0.3, 0.4) is 0 Å². The molecule has 0 saturated carbocycles. The lowest BCUT2D eigenvalue weighted by Crippen LogP contribution is -2.25. The van der Waals surface area contributed by atoms with Gasteiger partial charge in [-0.25, -0.2) is 9.97 Å². The van der Waals surface area contributed by atoms with Crippen LogP contribution >= 0.6 is 0 Å². The maximum atomic E-state index is 11.0. The second-order valence-electron chi connectivity index (χ2n) is 7.47. The Morgan fingerprint density at radius 3 is 2.89 bits per heavy atom. The van der Waals surface area contributed by atoms with Gasteiger partial charge in [0.15, 0.2) is 5.82 Å². The normalized spacial score (nSPS) is 16.2. The zero-order chi connectivity index (χ0) is 19.3. The van der Waals surface area contributed by atoms with Gasteiger partial charge in [0.05, 0.1) is 6.54 Å². The van der Waals surface area contributed by atoms with Crippen LogP contribution in [-0.2, 0) is 17.6 Å². The predicted octanol–water partition coefficient (Wildman–Crippen LogP) is 2.14. The van der Waals surface area contributed by atoms with E-state index in [0.29, 0.717) is 24.7 Å². The summed E-state index contributed by atoms with van der Waals surface area (Å²) < 4.78 is 5.95. The smallest absolute Gasteiger partial charge is 0.180 e. The van der Waals surface area contributed by atoms with Crippen molar-refractivity contribution in [2.24, 2.45) is 0 Å². The van der Waals surface area contributed by atoms with Crippen molar-refractivity contribution in [3.8, 4) is 17.3 Å². The molecule has 0 unspecified atom stereocenters. The van der Waals surface area contributed by atoms with Gasteiger partial charge in [-0.15, -0.1) is 0 Å². The summed E-state index contributed by atoms with van der Waals surface area (Å²) in [6, 6.07) is 3.78. The molecule has 1 saturated heterocycles. The molecule has 0 radical (unpaired) electrons. The van der Waals surface area contributed by atoms with Crippen molar-refractivity contribution < 1.29 is 9.53 Å². The van der Waals surface area contributed by atoms with E-state index in [1.165, 1.54) is 25.9 Å². The maximum Gasteiger partial charge on any atom is 0.180 e. The number of likely N-dealkylation sites (tertiary alicyclic amines) is 1. The fourth-order valence-corrected chi connectivity index (χ4v) is 3.96. The molecule has 0 aromatic carbocycles. The molecule has 28 heavy (non-hydrogen) atoms. The van der Waals surface area contributed by atoms with E-state index in [1.807, 2.05) is 24.1 Å². The summed E-state index contributed by atoms with van der Waals surface area (Å²) in [6.45, 7) is 4.28. The molecule has 2 aliphatic rings. The highest BCUT2D eigenvalue weighted by molar-refractivity contribution is 5.64. The second kappa shape index (κ2) is 8.65. The molecule has 1 aliphatic carbocycles. The van der Waals surface area contributed by atoms with E-state index >= 15 is 0 Å². The summed E-state index contributed by atoms with van der Waals surface area (Å²) in [5.74, 6) is 2.22. The van der Waals surface area contributed by atoms with Crippen LogP contribution in [0.25, 0.3) is 11.5 Å². The van der Waals surface area contributed by atoms with Crippen molar-refractivity contribution >= 4 is 12.1 Å². The zero-order valence-electron chi connectivity index (χ0n) is 16.4. The molecule has 1 fully saturated rings. The lowest BCUT2D eigenvalue weighted by molar-refractivity contribution is -0.106. The summed E-state index contributed by atoms with van der Waals surface area (Å²) in [5, 5.41) is 0. The molecule has 0 N–H and O–H groups in total. The minimum absolute atomic E-state index is 0.315. The zero-order valence-corrected chi connectivity index (χ0v) is 16.4. The quantitative estimate of drug-likeness (QED) is 0.649. The Morgan fingerprint density at radius 2 is 2.07 bits per heavy atom. The first-order valence-electron chi connectivity index (χ1n) is 10.1. The number of likely N-dealkylation sites (N-methyl/N-ethyl adjacent to an activating group) is 1. The second-order valence-corrected chi connectivity index (χ2v) is 7.47. The highest BCUT2D eigenvalue weighted by atomic mass is 16.5. The number of nitrogens with zero attached hydrogens (tertiary/aromatic N) is 5. The molecule has 1 aliphatic heterocycles. The largest absolute Gasteiger partial charge is 0.492 e. The van der Waals surface area contributed by atoms with Crippen LogP contribution in [0, 0.1) is 0 Å². The fraction of sp³-hybridized carbons (Fsp3) is 0.524. The van der Waals surface area contributed by atoms with E-state index in [9.17, 15) is 4.79 Å². The Balaban J connectivity index is 1.53. The SMILES string of the molecule is CN(CC=O)c1nc(-c2cc(OCCN3CCCC3)ccn2)nc2c1CCC2. The number of aromatic nitrogens is 3. The number of carbonyl (C=O) groups excluding carboxylic acids is 1. The van der Waals surface area contributed by atoms with Gasteiger partial charge >= 0.3 is 0 Å². The summed E-state index contributed by atoms with van der Waals surface area (Å²) in [6.07, 6.45) is 8.19. The molecule has 0 bridgehead atoms. The lowest BCUT2D eigenvalue weighted by atomic mass is 10.2. The van der Waals surface area contributed by atoms with Gasteiger partial charge in [-0.05, 0) is 51.3 Å². The van der Waals surface area contributed by atoms with Gasteiger partial charge in [0.2, 0.25) is 0 Å². The van der Waals surface area contributed by atoms with Crippen LogP contribution in [0.15, 0.2) is 18.3 Å². The van der Waals surface area contributed by atoms with Gasteiger partial charge in [0.1, 0.15) is 30.2 Å². The van der Waals surface area contributed by atoms with Crippen LogP contribution in [0.2, 0.25) is 0 Å². The molecular weight excluding hydrogens is 354 g/mol. The highest BCUT2D eigenvalue weighted by Crippen LogP contribution is 2.31. The fourth-order valence-electron chi connectivity index (χ4n) is 3.96. The maximum absolute atomic E-state index is 11.0. The van der Waals surface area contributed by atoms with Crippen molar-refractivity contribution in [2.75, 3.05) is 44.7 Å². The number of anilines is 1. The molecule has 2 aromatic heterocycles. The third-order valence-electron chi connectivity index (χ3n) is 5.46. The molecule has 7 heteroatoms. The standard InChI is InChI=1S/C21H27N5O2/c1-25(11-13-27)21-17-5-4-6-18(17)23-20(24-21)19-15-16(7-8-22-19)28-14-12-26-9-2-3-10-26/h7-8,13,15H,2-6,9-12,14H2,1H3. The lowest BCUT2D eigenvalue weighted by Gasteiger charge is -2.19. The number of carbonyl (C=O) groups is 1. The molecule has 7 nitrogen and oxygen atoms in total. The van der Waals surface area contributed by atoms with Crippen LogP contribution < -0.4 is 9.64 Å². The molecule has 0 spiro atoms. The molecule has 2 aromatic rings. The molecular formula is C21H27N5O2. The van der Waals surface area contributed by atoms with Gasteiger partial charge in [-0.3, -0.25) is 9.88 Å². The Labute approximate surface area is 165 Å². The van der Waals surface area contributed by atoms with Crippen molar-refractivity contribution in [1.82, 2.24) is 19.9 Å². The van der Waals surface area contributed by atoms with E-state index in [2.05, 4.69) is 9.88 Å². The van der Waals surface area contributed by atoms with Crippen LogP contribution in [0.1, 0.15) is 30.5 Å². The van der Waals surface area contributed by atoms with E-state index in [4.69, 9.17) is 14.7 Å². The number of hydrogen-bond acceptors (Lipinski definition) is 7. The van der Waals surface area contributed by atoms with Gasteiger partial charge in [-0.2, -0.15) is 0 Å². The van der Waals surface area contributed by atoms with E-state index in [-0.39, 0.29) is 0 Å². The minimum atomic E-state index is 0.315. The topological polar surface area (TPSA) is 71.5 Å². The number of fused-ring (bicyclic) bond motifs is 1. The number of aryl methyl sites for hydroxylation is 1. The molecule has 3 heterocycles. The monoisotopic (exact) mass is 381 g/mol. The number of ether oxygens (including phenoxy) is 1. The predicted molar refractivity (Wildman–Crippen MR) is 108 cm³/mol. The Kier molecular flexibility index (Phi) is 5.81. The summed E-state index contributed by atoms with van der Waals surface area (Å²) in [7, 11) is 1.89. The van der Waals surface area contributed by atoms with Crippen molar-refractivity contribution in [3.63, 3.8) is 0 Å². The summed E-state index contributed by atoms with van der Waals surface area (Å²) in [4.78, 5) is 29.3. The van der Waals surface area contributed by atoms with Crippen LogP contribution in [0.5, 0.6) is 5.75 Å². The van der Waals surface area contributed by atoms with Crippen molar-refractivity contribution in [1.29, 1.82) is 0 Å². The highest BCUT2D eigenvalue weighted by Gasteiger charge is 2.22. The molecule has 0 atom stereocenters. The van der Waals surface area contributed by atoms with Crippen molar-refractivity contribution in [2.45, 2.75) is 32.1 Å². The van der Waals surface area contributed by atoms with E-state index in [1.54, 1.807) is 6.20 Å². The minimum Gasteiger partial charge on any atom is -0.492 e. The van der Waals surface area contributed by atoms with Crippen molar-refractivity contribution in [3.05, 3.63) is 29.6 Å². The average Bonchev–Trinajstić information content (AvgIpc) is 3.39. The third kappa shape index (κ3) is 4.14. The van der Waals surface area contributed by atoms with Crippen LogP contribution in [-0.4, -0.2) is 66.0 Å². The number of pyridine rings is 1. The Bertz CT molecular complexity index is 836. The Hall–Kier alpha value is -2.54. The first-order valence-corrected chi connectivity index (χ1v) is 10.1. The van der Waals surface area contributed by atoms with E-state index < -0.39 is 0 Å². The number of aldehydes is 1. The number of hydrogen-bond donors (Lipinski definition) is 0. The first-order chi connectivity index (χ1) is 13.7. The molecule has 0 amide bonds.